The lowest BCUT2D eigenvalue weighted by atomic mass is 9.97. The molecule has 1 fully saturated rings. The van der Waals surface area contributed by atoms with Crippen molar-refractivity contribution in [3.63, 3.8) is 0 Å². The summed E-state index contributed by atoms with van der Waals surface area (Å²) in [5, 5.41) is 0. The molecule has 0 aromatic carbocycles. The summed E-state index contributed by atoms with van der Waals surface area (Å²) in [6.07, 6.45) is 1.88. The van der Waals surface area contributed by atoms with Crippen LogP contribution in [0.3, 0.4) is 0 Å². The Bertz CT molecular complexity index is 224. The minimum absolute atomic E-state index is 0.194. The van der Waals surface area contributed by atoms with Crippen molar-refractivity contribution < 1.29 is 9.53 Å². The van der Waals surface area contributed by atoms with E-state index in [2.05, 4.69) is 27.7 Å². The van der Waals surface area contributed by atoms with Gasteiger partial charge in [0.25, 0.3) is 0 Å². The predicted octanol–water partition coefficient (Wildman–Crippen LogP) is 2.31. The van der Waals surface area contributed by atoms with Gasteiger partial charge in [-0.15, -0.1) is 0 Å². The number of carbonyl (C=O) groups is 1. The zero-order valence-electron chi connectivity index (χ0n) is 11.0. The second-order valence-electron chi connectivity index (χ2n) is 4.93. The van der Waals surface area contributed by atoms with Gasteiger partial charge in [-0.2, -0.15) is 0 Å². The van der Waals surface area contributed by atoms with E-state index in [-0.39, 0.29) is 12.0 Å². The van der Waals surface area contributed by atoms with Crippen LogP contribution in [0.4, 0.5) is 0 Å². The molecule has 0 saturated carbocycles. The molecule has 1 unspecified atom stereocenters. The highest BCUT2D eigenvalue weighted by molar-refractivity contribution is 5.79. The number of nitrogens with zero attached hydrogens (tertiary/aromatic N) is 1. The first-order valence-electron chi connectivity index (χ1n) is 6.50. The average Bonchev–Trinajstić information content (AvgIpc) is 2.30. The van der Waals surface area contributed by atoms with Crippen molar-refractivity contribution in [2.45, 2.75) is 46.6 Å². The van der Waals surface area contributed by atoms with Gasteiger partial charge in [0.1, 0.15) is 0 Å². The summed E-state index contributed by atoms with van der Waals surface area (Å²) in [6, 6.07) is 0.266. The Hall–Kier alpha value is -0.570. The highest BCUT2D eigenvalue weighted by Crippen LogP contribution is 2.20. The summed E-state index contributed by atoms with van der Waals surface area (Å²) in [6.45, 7) is 10.7. The Morgan fingerprint density at radius 2 is 2.00 bits per heavy atom. The molecule has 1 rings (SSSR count). The van der Waals surface area contributed by atoms with Crippen LogP contribution in [0.1, 0.15) is 40.5 Å². The van der Waals surface area contributed by atoms with Crippen LogP contribution in [0.25, 0.3) is 0 Å². The molecule has 1 saturated heterocycles. The summed E-state index contributed by atoms with van der Waals surface area (Å²) in [7, 11) is 0. The lowest BCUT2D eigenvalue weighted by molar-refractivity contribution is -0.146. The van der Waals surface area contributed by atoms with E-state index in [0.29, 0.717) is 25.0 Å². The maximum atomic E-state index is 12.3. The van der Waals surface area contributed by atoms with Crippen LogP contribution in [0.2, 0.25) is 0 Å². The standard InChI is InChI=1S/C13H25NO2/c1-5-11(6-2)13(15)14-7-8-16-9-12(14)10(3)4/h10-12H,5-9H2,1-4H3. The molecule has 1 atom stereocenters. The van der Waals surface area contributed by atoms with Gasteiger partial charge in [-0.25, -0.2) is 0 Å². The molecule has 1 aliphatic heterocycles. The van der Waals surface area contributed by atoms with Gasteiger partial charge in [0, 0.05) is 12.5 Å². The van der Waals surface area contributed by atoms with Crippen molar-refractivity contribution >= 4 is 5.91 Å². The molecule has 94 valence electrons. The third-order valence-electron chi connectivity index (χ3n) is 3.55. The number of carbonyl (C=O) groups excluding carboxylic acids is 1. The van der Waals surface area contributed by atoms with E-state index in [1.54, 1.807) is 0 Å². The Morgan fingerprint density at radius 3 is 2.50 bits per heavy atom. The van der Waals surface area contributed by atoms with Crippen molar-refractivity contribution in [2.24, 2.45) is 11.8 Å². The van der Waals surface area contributed by atoms with E-state index in [1.165, 1.54) is 0 Å². The van der Waals surface area contributed by atoms with Crippen LogP contribution in [0.5, 0.6) is 0 Å². The smallest absolute Gasteiger partial charge is 0.226 e. The van der Waals surface area contributed by atoms with Crippen molar-refractivity contribution in [1.29, 1.82) is 0 Å². The van der Waals surface area contributed by atoms with Crippen LogP contribution in [0.15, 0.2) is 0 Å². The average molecular weight is 227 g/mol. The van der Waals surface area contributed by atoms with Crippen LogP contribution >= 0.6 is 0 Å². The van der Waals surface area contributed by atoms with Gasteiger partial charge in [-0.3, -0.25) is 4.79 Å². The molecular weight excluding hydrogens is 202 g/mol. The van der Waals surface area contributed by atoms with Crippen molar-refractivity contribution in [1.82, 2.24) is 4.90 Å². The van der Waals surface area contributed by atoms with Gasteiger partial charge in [0.2, 0.25) is 5.91 Å². The Kier molecular flexibility index (Phi) is 5.26. The van der Waals surface area contributed by atoms with Crippen LogP contribution < -0.4 is 0 Å². The minimum atomic E-state index is 0.194. The zero-order valence-corrected chi connectivity index (χ0v) is 11.0. The maximum absolute atomic E-state index is 12.3. The molecular formula is C13H25NO2. The molecule has 0 spiro atoms. The second kappa shape index (κ2) is 6.24. The predicted molar refractivity (Wildman–Crippen MR) is 65.2 cm³/mol. The Balaban J connectivity index is 2.70. The van der Waals surface area contributed by atoms with Gasteiger partial charge >= 0.3 is 0 Å². The summed E-state index contributed by atoms with van der Waals surface area (Å²) in [5.41, 5.74) is 0. The number of ether oxygens (including phenoxy) is 1. The number of hydrogen-bond acceptors (Lipinski definition) is 2. The molecule has 0 aromatic heterocycles. The first kappa shape index (κ1) is 13.5. The highest BCUT2D eigenvalue weighted by atomic mass is 16.5. The van der Waals surface area contributed by atoms with E-state index in [0.717, 1.165) is 19.4 Å². The number of amides is 1. The Labute approximate surface area is 99.1 Å². The van der Waals surface area contributed by atoms with E-state index >= 15 is 0 Å². The monoisotopic (exact) mass is 227 g/mol. The number of hydrogen-bond donors (Lipinski definition) is 0. The fourth-order valence-corrected chi connectivity index (χ4v) is 2.32. The quantitative estimate of drug-likeness (QED) is 0.737. The molecule has 0 aromatic rings. The van der Waals surface area contributed by atoms with Crippen molar-refractivity contribution in [3.8, 4) is 0 Å². The molecule has 16 heavy (non-hydrogen) atoms. The molecule has 1 aliphatic rings. The molecule has 0 N–H and O–H groups in total. The third kappa shape index (κ3) is 2.97. The van der Waals surface area contributed by atoms with Crippen molar-refractivity contribution in [2.75, 3.05) is 19.8 Å². The molecule has 1 heterocycles. The van der Waals surface area contributed by atoms with E-state index in [1.807, 2.05) is 4.90 Å². The second-order valence-corrected chi connectivity index (χ2v) is 4.93. The van der Waals surface area contributed by atoms with E-state index < -0.39 is 0 Å². The summed E-state index contributed by atoms with van der Waals surface area (Å²) < 4.78 is 5.48. The third-order valence-corrected chi connectivity index (χ3v) is 3.55. The van der Waals surface area contributed by atoms with E-state index in [9.17, 15) is 4.79 Å². The lowest BCUT2D eigenvalue weighted by Gasteiger charge is -2.39. The molecule has 0 radical (unpaired) electrons. The number of rotatable bonds is 4. The highest BCUT2D eigenvalue weighted by Gasteiger charge is 2.32. The molecule has 3 nitrogen and oxygen atoms in total. The van der Waals surface area contributed by atoms with Gasteiger partial charge in [0.15, 0.2) is 0 Å². The van der Waals surface area contributed by atoms with Crippen LogP contribution in [-0.2, 0) is 9.53 Å². The Morgan fingerprint density at radius 1 is 1.38 bits per heavy atom. The van der Waals surface area contributed by atoms with Gasteiger partial charge in [-0.1, -0.05) is 27.7 Å². The topological polar surface area (TPSA) is 29.5 Å². The van der Waals surface area contributed by atoms with Crippen molar-refractivity contribution in [3.05, 3.63) is 0 Å². The summed E-state index contributed by atoms with van der Waals surface area (Å²) in [5.74, 6) is 0.991. The van der Waals surface area contributed by atoms with Gasteiger partial charge < -0.3 is 9.64 Å². The lowest BCUT2D eigenvalue weighted by Crippen LogP contribution is -2.52. The minimum Gasteiger partial charge on any atom is -0.377 e. The maximum Gasteiger partial charge on any atom is 0.226 e. The van der Waals surface area contributed by atoms with Gasteiger partial charge in [-0.05, 0) is 18.8 Å². The molecule has 0 bridgehead atoms. The first-order chi connectivity index (χ1) is 7.61. The van der Waals surface area contributed by atoms with Crippen LogP contribution in [0, 0.1) is 11.8 Å². The van der Waals surface area contributed by atoms with E-state index in [4.69, 9.17) is 4.74 Å². The molecule has 1 amide bonds. The fourth-order valence-electron chi connectivity index (χ4n) is 2.32. The largest absolute Gasteiger partial charge is 0.377 e. The fraction of sp³-hybridized carbons (Fsp3) is 0.923. The normalized spacial score (nSPS) is 21.9. The molecule has 0 aliphatic carbocycles. The SMILES string of the molecule is CCC(CC)C(=O)N1CCOCC1C(C)C. The first-order valence-corrected chi connectivity index (χ1v) is 6.50. The summed E-state index contributed by atoms with van der Waals surface area (Å²) >= 11 is 0. The number of morpholine rings is 1. The summed E-state index contributed by atoms with van der Waals surface area (Å²) in [4.78, 5) is 14.4. The van der Waals surface area contributed by atoms with Gasteiger partial charge in [0.05, 0.1) is 19.3 Å². The molecule has 3 heteroatoms. The van der Waals surface area contributed by atoms with Crippen LogP contribution in [-0.4, -0.2) is 36.6 Å². The zero-order chi connectivity index (χ0) is 12.1.